The summed E-state index contributed by atoms with van der Waals surface area (Å²) in [7, 11) is 0. The Labute approximate surface area is 146 Å². The highest BCUT2D eigenvalue weighted by Crippen LogP contribution is 2.19. The smallest absolute Gasteiger partial charge is 0.226 e. The van der Waals surface area contributed by atoms with Gasteiger partial charge in [-0.05, 0) is 50.4 Å². The van der Waals surface area contributed by atoms with E-state index in [1.165, 1.54) is 5.56 Å². The van der Waals surface area contributed by atoms with Gasteiger partial charge in [0.2, 0.25) is 5.91 Å². The van der Waals surface area contributed by atoms with E-state index < -0.39 is 0 Å². The molecule has 1 N–H and O–H groups in total. The number of carbonyl (C=O) groups excluding carboxylic acids is 1. The number of rotatable bonds is 7. The molecule has 5 heteroatoms. The van der Waals surface area contributed by atoms with Gasteiger partial charge in [-0.3, -0.25) is 4.79 Å². The molecule has 1 aliphatic rings. The van der Waals surface area contributed by atoms with Gasteiger partial charge in [0.05, 0.1) is 13.0 Å². The lowest BCUT2D eigenvalue weighted by Crippen LogP contribution is -2.42. The van der Waals surface area contributed by atoms with Crippen molar-refractivity contribution in [2.24, 2.45) is 0 Å². The minimum Gasteiger partial charge on any atom is -0.493 e. The summed E-state index contributed by atoms with van der Waals surface area (Å²) in [6.07, 6.45) is 2.51. The van der Waals surface area contributed by atoms with Crippen molar-refractivity contribution in [3.63, 3.8) is 0 Å². The molecule has 0 spiro atoms. The van der Waals surface area contributed by atoms with Crippen LogP contribution in [0.5, 0.6) is 5.75 Å². The Kier molecular flexibility index (Phi) is 8.42. The van der Waals surface area contributed by atoms with Gasteiger partial charge in [0.25, 0.3) is 0 Å². The molecule has 1 fully saturated rings. The molecule has 1 heterocycles. The molecule has 1 saturated heterocycles. The van der Waals surface area contributed by atoms with Crippen LogP contribution >= 0.6 is 12.4 Å². The summed E-state index contributed by atoms with van der Waals surface area (Å²) in [4.78, 5) is 14.5. The van der Waals surface area contributed by atoms with Gasteiger partial charge in [-0.2, -0.15) is 0 Å². The van der Waals surface area contributed by atoms with Crippen molar-refractivity contribution in [3.05, 3.63) is 29.3 Å². The number of nitrogens with zero attached hydrogens (tertiary/aromatic N) is 1. The van der Waals surface area contributed by atoms with Crippen LogP contribution in [0.3, 0.4) is 0 Å². The van der Waals surface area contributed by atoms with E-state index in [-0.39, 0.29) is 18.3 Å². The SMILES string of the molecule is CCCN(C(=O)CCOc1cc(C)ccc1C)C1CCNC1.Cl. The van der Waals surface area contributed by atoms with Crippen molar-refractivity contribution in [3.8, 4) is 5.75 Å². The van der Waals surface area contributed by atoms with Crippen LogP contribution in [0.15, 0.2) is 18.2 Å². The molecule has 0 saturated carbocycles. The molecule has 1 atom stereocenters. The third-order valence-electron chi connectivity index (χ3n) is 4.18. The van der Waals surface area contributed by atoms with Gasteiger partial charge in [0.15, 0.2) is 0 Å². The first-order chi connectivity index (χ1) is 10.6. The summed E-state index contributed by atoms with van der Waals surface area (Å²) in [6.45, 7) is 9.42. The first kappa shape index (κ1) is 19.8. The fraction of sp³-hybridized carbons (Fsp3) is 0.611. The number of aryl methyl sites for hydroxylation is 2. The molecule has 0 aromatic heterocycles. The number of ether oxygens (including phenoxy) is 1. The van der Waals surface area contributed by atoms with Crippen LogP contribution in [0, 0.1) is 13.8 Å². The molecule has 23 heavy (non-hydrogen) atoms. The predicted molar refractivity (Wildman–Crippen MR) is 96.6 cm³/mol. The summed E-state index contributed by atoms with van der Waals surface area (Å²) in [6, 6.07) is 6.52. The number of hydrogen-bond acceptors (Lipinski definition) is 3. The minimum atomic E-state index is 0. The molecule has 0 aliphatic carbocycles. The fourth-order valence-corrected chi connectivity index (χ4v) is 2.91. The molecule has 130 valence electrons. The zero-order valence-corrected chi connectivity index (χ0v) is 15.2. The second-order valence-electron chi connectivity index (χ2n) is 6.10. The topological polar surface area (TPSA) is 41.6 Å². The average molecular weight is 341 g/mol. The number of nitrogens with one attached hydrogen (secondary N) is 1. The van der Waals surface area contributed by atoms with Crippen molar-refractivity contribution in [2.45, 2.75) is 46.1 Å². The molecular weight excluding hydrogens is 312 g/mol. The van der Waals surface area contributed by atoms with Gasteiger partial charge in [-0.25, -0.2) is 0 Å². The van der Waals surface area contributed by atoms with E-state index >= 15 is 0 Å². The van der Waals surface area contributed by atoms with Crippen molar-refractivity contribution in [1.82, 2.24) is 10.2 Å². The molecule has 2 rings (SSSR count). The number of halogens is 1. The lowest BCUT2D eigenvalue weighted by molar-refractivity contribution is -0.133. The summed E-state index contributed by atoms with van der Waals surface area (Å²) in [5.74, 6) is 1.10. The second kappa shape index (κ2) is 9.78. The first-order valence-electron chi connectivity index (χ1n) is 8.32. The van der Waals surface area contributed by atoms with E-state index in [9.17, 15) is 4.79 Å². The van der Waals surface area contributed by atoms with E-state index in [2.05, 4.69) is 24.4 Å². The average Bonchev–Trinajstić information content (AvgIpc) is 3.02. The van der Waals surface area contributed by atoms with Gasteiger partial charge in [-0.1, -0.05) is 19.1 Å². The van der Waals surface area contributed by atoms with Gasteiger partial charge in [-0.15, -0.1) is 12.4 Å². The lowest BCUT2D eigenvalue weighted by Gasteiger charge is -2.28. The third-order valence-corrected chi connectivity index (χ3v) is 4.18. The largest absolute Gasteiger partial charge is 0.493 e. The molecule has 1 unspecified atom stereocenters. The van der Waals surface area contributed by atoms with E-state index in [1.807, 2.05) is 24.8 Å². The molecule has 1 aromatic rings. The maximum absolute atomic E-state index is 12.5. The Morgan fingerprint density at radius 2 is 2.17 bits per heavy atom. The quantitative estimate of drug-likeness (QED) is 0.829. The maximum atomic E-state index is 12.5. The monoisotopic (exact) mass is 340 g/mol. The van der Waals surface area contributed by atoms with Crippen LogP contribution in [0.2, 0.25) is 0 Å². The predicted octanol–water partition coefficient (Wildman–Crippen LogP) is 3.09. The van der Waals surface area contributed by atoms with E-state index in [0.29, 0.717) is 19.1 Å². The Bertz CT molecular complexity index is 502. The van der Waals surface area contributed by atoms with Crippen LogP contribution in [0.1, 0.15) is 37.3 Å². The zero-order valence-electron chi connectivity index (χ0n) is 14.4. The van der Waals surface area contributed by atoms with Crippen molar-refractivity contribution >= 4 is 18.3 Å². The minimum absolute atomic E-state index is 0. The van der Waals surface area contributed by atoms with Crippen molar-refractivity contribution in [1.29, 1.82) is 0 Å². The van der Waals surface area contributed by atoms with Crippen LogP contribution in [-0.2, 0) is 4.79 Å². The molecule has 0 radical (unpaired) electrons. The molecule has 1 aromatic carbocycles. The van der Waals surface area contributed by atoms with Crippen LogP contribution < -0.4 is 10.1 Å². The van der Waals surface area contributed by atoms with Crippen LogP contribution in [0.4, 0.5) is 0 Å². The Morgan fingerprint density at radius 1 is 1.39 bits per heavy atom. The first-order valence-corrected chi connectivity index (χ1v) is 8.32. The van der Waals surface area contributed by atoms with Gasteiger partial charge >= 0.3 is 0 Å². The van der Waals surface area contributed by atoms with Crippen LogP contribution in [0.25, 0.3) is 0 Å². The standard InChI is InChI=1S/C18H28N2O2.ClH/c1-4-10-20(16-7-9-19-13-16)18(21)8-11-22-17-12-14(2)5-6-15(17)3;/h5-6,12,16,19H,4,7-11,13H2,1-3H3;1H. The Morgan fingerprint density at radius 3 is 2.83 bits per heavy atom. The fourth-order valence-electron chi connectivity index (χ4n) is 2.91. The molecular formula is C18H29ClN2O2. The summed E-state index contributed by atoms with van der Waals surface area (Å²) in [5, 5.41) is 3.34. The molecule has 1 amide bonds. The number of carbonyl (C=O) groups is 1. The summed E-state index contributed by atoms with van der Waals surface area (Å²) < 4.78 is 5.82. The maximum Gasteiger partial charge on any atom is 0.226 e. The Balaban J connectivity index is 0.00000264. The van der Waals surface area contributed by atoms with Crippen molar-refractivity contribution < 1.29 is 9.53 Å². The highest BCUT2D eigenvalue weighted by Gasteiger charge is 2.25. The summed E-state index contributed by atoms with van der Waals surface area (Å²) in [5.41, 5.74) is 2.29. The highest BCUT2D eigenvalue weighted by atomic mass is 35.5. The van der Waals surface area contributed by atoms with Gasteiger partial charge in [0, 0.05) is 19.1 Å². The van der Waals surface area contributed by atoms with Gasteiger partial charge in [0.1, 0.15) is 5.75 Å². The lowest BCUT2D eigenvalue weighted by atomic mass is 10.1. The van der Waals surface area contributed by atoms with Crippen LogP contribution in [-0.4, -0.2) is 43.1 Å². The summed E-state index contributed by atoms with van der Waals surface area (Å²) >= 11 is 0. The molecule has 1 aliphatic heterocycles. The molecule has 0 bridgehead atoms. The van der Waals surface area contributed by atoms with E-state index in [0.717, 1.165) is 43.8 Å². The second-order valence-corrected chi connectivity index (χ2v) is 6.10. The van der Waals surface area contributed by atoms with Crippen molar-refractivity contribution in [2.75, 3.05) is 26.2 Å². The van der Waals surface area contributed by atoms with Gasteiger partial charge < -0.3 is 15.0 Å². The third kappa shape index (κ3) is 5.70. The number of amides is 1. The zero-order chi connectivity index (χ0) is 15.9. The normalized spacial score (nSPS) is 16.7. The van der Waals surface area contributed by atoms with E-state index in [4.69, 9.17) is 4.74 Å². The highest BCUT2D eigenvalue weighted by molar-refractivity contribution is 5.85. The number of benzene rings is 1. The number of hydrogen-bond donors (Lipinski definition) is 1. The molecule has 4 nitrogen and oxygen atoms in total. The van der Waals surface area contributed by atoms with E-state index in [1.54, 1.807) is 0 Å². The Hall–Kier alpha value is -1.26.